The van der Waals surface area contributed by atoms with E-state index in [2.05, 4.69) is 29.2 Å². The van der Waals surface area contributed by atoms with Crippen molar-refractivity contribution in [3.05, 3.63) is 22.6 Å². The molecule has 1 fully saturated rings. The number of likely N-dealkylation sites (N-methyl/N-ethyl adjacent to an activating group) is 1. The molecule has 1 aromatic heterocycles. The third-order valence-electron chi connectivity index (χ3n) is 3.50. The van der Waals surface area contributed by atoms with Gasteiger partial charge in [-0.15, -0.1) is 0 Å². The van der Waals surface area contributed by atoms with Crippen molar-refractivity contribution in [3.8, 4) is 0 Å². The van der Waals surface area contributed by atoms with Crippen molar-refractivity contribution in [1.29, 1.82) is 0 Å². The van der Waals surface area contributed by atoms with E-state index in [1.54, 1.807) is 12.3 Å². The molecule has 6 heteroatoms. The van der Waals surface area contributed by atoms with E-state index in [0.29, 0.717) is 6.54 Å². The Morgan fingerprint density at radius 2 is 2.35 bits per heavy atom. The van der Waals surface area contributed by atoms with Crippen LogP contribution in [0.2, 0.25) is 0 Å². The maximum atomic E-state index is 12.0. The van der Waals surface area contributed by atoms with E-state index in [9.17, 15) is 4.79 Å². The maximum Gasteiger partial charge on any atom is 0.268 e. The quantitative estimate of drug-likeness (QED) is 0.834. The second-order valence-electron chi connectivity index (χ2n) is 5.08. The van der Waals surface area contributed by atoms with Crippen LogP contribution in [0.25, 0.3) is 0 Å². The summed E-state index contributed by atoms with van der Waals surface area (Å²) < 4.78 is 7.19. The van der Waals surface area contributed by atoms with Crippen LogP contribution in [0.1, 0.15) is 20.3 Å². The van der Waals surface area contributed by atoms with Gasteiger partial charge < -0.3 is 10.1 Å². The molecule has 1 unspecified atom stereocenters. The molecule has 1 N–H and O–H groups in total. The molecule has 1 aromatic rings. The van der Waals surface area contributed by atoms with E-state index in [0.717, 1.165) is 44.9 Å². The van der Waals surface area contributed by atoms with Crippen LogP contribution in [-0.4, -0.2) is 53.6 Å². The van der Waals surface area contributed by atoms with Crippen molar-refractivity contribution in [2.75, 3.05) is 38.1 Å². The van der Waals surface area contributed by atoms with Crippen LogP contribution in [0.5, 0.6) is 0 Å². The van der Waals surface area contributed by atoms with Crippen molar-refractivity contribution in [3.63, 3.8) is 0 Å². The molecular weight excluding hydrogens is 256 g/mol. The molecule has 6 nitrogen and oxygen atoms in total. The number of nitrogens with one attached hydrogen (secondary N) is 1. The minimum absolute atomic E-state index is 0.0448. The number of aromatic nitrogens is 2. The summed E-state index contributed by atoms with van der Waals surface area (Å²) in [5.74, 6) is 0. The highest BCUT2D eigenvalue weighted by Crippen LogP contribution is 2.06. The Bertz CT molecular complexity index is 474. The smallest absolute Gasteiger partial charge is 0.268 e. The number of rotatable bonds is 6. The fraction of sp³-hybridized carbons (Fsp3) is 0.714. The predicted molar refractivity (Wildman–Crippen MR) is 79.1 cm³/mol. The summed E-state index contributed by atoms with van der Waals surface area (Å²) in [6.45, 7) is 9.16. The maximum absolute atomic E-state index is 12.0. The van der Waals surface area contributed by atoms with Gasteiger partial charge in [-0.2, -0.15) is 5.10 Å². The molecule has 0 aromatic carbocycles. The number of morpholine rings is 1. The average molecular weight is 280 g/mol. The molecule has 20 heavy (non-hydrogen) atoms. The van der Waals surface area contributed by atoms with Gasteiger partial charge >= 0.3 is 0 Å². The topological polar surface area (TPSA) is 59.4 Å². The first-order chi connectivity index (χ1) is 9.72. The Balaban J connectivity index is 1.97. The first-order valence-corrected chi connectivity index (χ1v) is 7.38. The van der Waals surface area contributed by atoms with Gasteiger partial charge in [-0.3, -0.25) is 9.69 Å². The van der Waals surface area contributed by atoms with Crippen LogP contribution in [0.4, 0.5) is 5.69 Å². The van der Waals surface area contributed by atoms with E-state index in [1.165, 1.54) is 4.68 Å². The van der Waals surface area contributed by atoms with Gasteiger partial charge in [0, 0.05) is 25.7 Å². The standard InChI is InChI=1S/C14H24N4O2/c1-3-5-15-12-8-14(19)18(16-9-12)11-13-10-17(4-2)6-7-20-13/h8-9,13,15H,3-7,10-11H2,1-2H3. The van der Waals surface area contributed by atoms with Crippen LogP contribution in [-0.2, 0) is 11.3 Å². The van der Waals surface area contributed by atoms with E-state index >= 15 is 0 Å². The minimum Gasteiger partial charge on any atom is -0.384 e. The molecule has 2 heterocycles. The van der Waals surface area contributed by atoms with Gasteiger partial charge in [0.1, 0.15) is 0 Å². The third-order valence-corrected chi connectivity index (χ3v) is 3.50. The fourth-order valence-corrected chi connectivity index (χ4v) is 2.31. The minimum atomic E-state index is -0.0803. The fourth-order valence-electron chi connectivity index (χ4n) is 2.31. The van der Waals surface area contributed by atoms with E-state index in [1.807, 2.05) is 0 Å². The number of anilines is 1. The molecular formula is C14H24N4O2. The van der Waals surface area contributed by atoms with Crippen molar-refractivity contribution in [2.45, 2.75) is 32.9 Å². The molecule has 1 aliphatic rings. The molecule has 1 saturated heterocycles. The van der Waals surface area contributed by atoms with Crippen molar-refractivity contribution in [2.24, 2.45) is 0 Å². The van der Waals surface area contributed by atoms with Crippen LogP contribution < -0.4 is 10.9 Å². The molecule has 0 amide bonds. The molecule has 0 radical (unpaired) electrons. The Morgan fingerprint density at radius 1 is 1.50 bits per heavy atom. The van der Waals surface area contributed by atoms with Gasteiger partial charge in [0.05, 0.1) is 31.1 Å². The largest absolute Gasteiger partial charge is 0.384 e. The summed E-state index contributed by atoms with van der Waals surface area (Å²) in [5, 5.41) is 7.39. The van der Waals surface area contributed by atoms with Gasteiger partial charge in [0.25, 0.3) is 5.56 Å². The van der Waals surface area contributed by atoms with Gasteiger partial charge in [0.15, 0.2) is 0 Å². The lowest BCUT2D eigenvalue weighted by atomic mass is 10.2. The molecule has 0 saturated carbocycles. The van der Waals surface area contributed by atoms with Crippen molar-refractivity contribution >= 4 is 5.69 Å². The number of ether oxygens (including phenoxy) is 1. The lowest BCUT2D eigenvalue weighted by molar-refractivity contribution is -0.0364. The highest BCUT2D eigenvalue weighted by molar-refractivity contribution is 5.38. The van der Waals surface area contributed by atoms with Gasteiger partial charge in [-0.1, -0.05) is 13.8 Å². The van der Waals surface area contributed by atoms with Gasteiger partial charge in [0.2, 0.25) is 0 Å². The Morgan fingerprint density at radius 3 is 3.05 bits per heavy atom. The summed E-state index contributed by atoms with van der Waals surface area (Å²) in [6, 6.07) is 1.60. The lowest BCUT2D eigenvalue weighted by Gasteiger charge is -2.31. The molecule has 1 atom stereocenters. The Kier molecular flexibility index (Phi) is 5.55. The SMILES string of the molecule is CCCNc1cnn(CC2CN(CC)CCO2)c(=O)c1. The Hall–Kier alpha value is -1.40. The highest BCUT2D eigenvalue weighted by Gasteiger charge is 2.20. The van der Waals surface area contributed by atoms with Crippen LogP contribution in [0.3, 0.4) is 0 Å². The zero-order chi connectivity index (χ0) is 14.4. The van der Waals surface area contributed by atoms with Crippen LogP contribution in [0, 0.1) is 0 Å². The van der Waals surface area contributed by atoms with Crippen molar-refractivity contribution in [1.82, 2.24) is 14.7 Å². The monoisotopic (exact) mass is 280 g/mol. The molecule has 0 bridgehead atoms. The zero-order valence-electron chi connectivity index (χ0n) is 12.3. The second kappa shape index (κ2) is 7.40. The van der Waals surface area contributed by atoms with E-state index < -0.39 is 0 Å². The lowest BCUT2D eigenvalue weighted by Crippen LogP contribution is -2.45. The van der Waals surface area contributed by atoms with Crippen LogP contribution >= 0.6 is 0 Å². The predicted octanol–water partition coefficient (Wildman–Crippen LogP) is 0.786. The molecule has 112 valence electrons. The normalized spacial score (nSPS) is 20.0. The number of hydrogen-bond donors (Lipinski definition) is 1. The average Bonchev–Trinajstić information content (AvgIpc) is 2.48. The summed E-state index contributed by atoms with van der Waals surface area (Å²) in [6.07, 6.45) is 2.77. The first kappa shape index (κ1) is 15.0. The molecule has 1 aliphatic heterocycles. The summed E-state index contributed by atoms with van der Waals surface area (Å²) >= 11 is 0. The summed E-state index contributed by atoms with van der Waals surface area (Å²) in [5.41, 5.74) is 0.705. The van der Waals surface area contributed by atoms with Crippen molar-refractivity contribution < 1.29 is 4.74 Å². The van der Waals surface area contributed by atoms with E-state index in [-0.39, 0.29) is 11.7 Å². The van der Waals surface area contributed by atoms with Crippen LogP contribution in [0.15, 0.2) is 17.1 Å². The molecule has 0 aliphatic carbocycles. The first-order valence-electron chi connectivity index (χ1n) is 7.38. The zero-order valence-corrected chi connectivity index (χ0v) is 12.3. The number of nitrogens with zero attached hydrogens (tertiary/aromatic N) is 3. The Labute approximate surface area is 119 Å². The highest BCUT2D eigenvalue weighted by atomic mass is 16.5. The molecule has 2 rings (SSSR count). The van der Waals surface area contributed by atoms with Gasteiger partial charge in [-0.05, 0) is 13.0 Å². The summed E-state index contributed by atoms with van der Waals surface area (Å²) in [7, 11) is 0. The summed E-state index contributed by atoms with van der Waals surface area (Å²) in [4.78, 5) is 14.3. The second-order valence-corrected chi connectivity index (χ2v) is 5.08. The van der Waals surface area contributed by atoms with E-state index in [4.69, 9.17) is 4.74 Å². The van der Waals surface area contributed by atoms with Gasteiger partial charge in [-0.25, -0.2) is 4.68 Å². The third kappa shape index (κ3) is 4.05. The number of hydrogen-bond acceptors (Lipinski definition) is 5. The molecule has 0 spiro atoms.